The lowest BCUT2D eigenvalue weighted by molar-refractivity contribution is 1.02. The van der Waals surface area contributed by atoms with Gasteiger partial charge in [-0.15, -0.1) is 0 Å². The number of imidazole rings is 1. The lowest BCUT2D eigenvalue weighted by Crippen LogP contribution is -1.91. The van der Waals surface area contributed by atoms with Crippen molar-refractivity contribution in [2.24, 2.45) is 0 Å². The van der Waals surface area contributed by atoms with E-state index in [2.05, 4.69) is 32.0 Å². The average molecular weight is 237 g/mol. The first-order chi connectivity index (χ1) is 6.36. The normalized spacial score (nSPS) is 10.2. The molecule has 1 N–H and O–H groups in total. The van der Waals surface area contributed by atoms with E-state index < -0.39 is 0 Å². The number of hydrogen-bond acceptors (Lipinski definition) is 1. The predicted octanol–water partition coefficient (Wildman–Crippen LogP) is 2.76. The summed E-state index contributed by atoms with van der Waals surface area (Å²) in [4.78, 5) is 7.26. The van der Waals surface area contributed by atoms with E-state index in [1.807, 2.05) is 24.4 Å². The van der Waals surface area contributed by atoms with Gasteiger partial charge in [-0.1, -0.05) is 34.1 Å². The van der Waals surface area contributed by atoms with E-state index in [0.717, 1.165) is 16.7 Å². The standard InChI is InChI=1S/C10H9BrN2/c11-9-4-2-1-3-8(9)7-10-12-5-6-13-10/h1-6H,7H2,(H,12,13). The summed E-state index contributed by atoms with van der Waals surface area (Å²) in [6.07, 6.45) is 4.45. The van der Waals surface area contributed by atoms with Crippen molar-refractivity contribution in [1.82, 2.24) is 9.97 Å². The van der Waals surface area contributed by atoms with E-state index in [1.54, 1.807) is 6.20 Å². The fourth-order valence-corrected chi connectivity index (χ4v) is 1.64. The van der Waals surface area contributed by atoms with Crippen LogP contribution in [0.4, 0.5) is 0 Å². The fourth-order valence-electron chi connectivity index (χ4n) is 1.22. The molecule has 0 spiro atoms. The zero-order chi connectivity index (χ0) is 9.10. The van der Waals surface area contributed by atoms with Gasteiger partial charge in [0.2, 0.25) is 0 Å². The molecule has 0 radical (unpaired) electrons. The number of aromatic amines is 1. The molecule has 2 rings (SSSR count). The van der Waals surface area contributed by atoms with Gasteiger partial charge in [0.05, 0.1) is 0 Å². The van der Waals surface area contributed by atoms with Gasteiger partial charge in [-0.25, -0.2) is 4.98 Å². The van der Waals surface area contributed by atoms with E-state index in [-0.39, 0.29) is 0 Å². The zero-order valence-corrected chi connectivity index (χ0v) is 8.58. The summed E-state index contributed by atoms with van der Waals surface area (Å²) in [6, 6.07) is 8.17. The van der Waals surface area contributed by atoms with Crippen molar-refractivity contribution in [2.45, 2.75) is 6.42 Å². The van der Waals surface area contributed by atoms with Crippen LogP contribution in [0.2, 0.25) is 0 Å². The fraction of sp³-hybridized carbons (Fsp3) is 0.100. The Morgan fingerprint density at radius 1 is 1.31 bits per heavy atom. The Bertz CT molecular complexity index is 382. The van der Waals surface area contributed by atoms with Gasteiger partial charge >= 0.3 is 0 Å². The quantitative estimate of drug-likeness (QED) is 0.854. The zero-order valence-electron chi connectivity index (χ0n) is 7.00. The predicted molar refractivity (Wildman–Crippen MR) is 55.5 cm³/mol. The van der Waals surface area contributed by atoms with Crippen LogP contribution in [0.25, 0.3) is 0 Å². The first kappa shape index (κ1) is 8.51. The lowest BCUT2D eigenvalue weighted by atomic mass is 10.1. The van der Waals surface area contributed by atoms with Crippen molar-refractivity contribution in [3.05, 3.63) is 52.5 Å². The van der Waals surface area contributed by atoms with Crippen LogP contribution >= 0.6 is 15.9 Å². The Hall–Kier alpha value is -1.09. The molecule has 0 atom stereocenters. The molecule has 1 aromatic heterocycles. The molecule has 3 heteroatoms. The van der Waals surface area contributed by atoms with Crippen molar-refractivity contribution in [3.63, 3.8) is 0 Å². The van der Waals surface area contributed by atoms with Gasteiger partial charge in [-0.2, -0.15) is 0 Å². The molecule has 13 heavy (non-hydrogen) atoms. The second kappa shape index (κ2) is 3.75. The van der Waals surface area contributed by atoms with Crippen LogP contribution in [0.5, 0.6) is 0 Å². The first-order valence-electron chi connectivity index (χ1n) is 4.08. The highest BCUT2D eigenvalue weighted by molar-refractivity contribution is 9.10. The maximum atomic E-state index is 4.18. The Labute approximate surface area is 85.1 Å². The smallest absolute Gasteiger partial charge is 0.110 e. The lowest BCUT2D eigenvalue weighted by Gasteiger charge is -2.00. The molecule has 66 valence electrons. The summed E-state index contributed by atoms with van der Waals surface area (Å²) in [6.45, 7) is 0. The molecule has 0 saturated heterocycles. The van der Waals surface area contributed by atoms with E-state index >= 15 is 0 Å². The minimum atomic E-state index is 0.842. The Balaban J connectivity index is 2.24. The van der Waals surface area contributed by atoms with Crippen LogP contribution in [-0.2, 0) is 6.42 Å². The van der Waals surface area contributed by atoms with Gasteiger partial charge in [0, 0.05) is 23.3 Å². The summed E-state index contributed by atoms with van der Waals surface area (Å²) in [5.41, 5.74) is 1.25. The Kier molecular flexibility index (Phi) is 2.45. The maximum absolute atomic E-state index is 4.18. The Morgan fingerprint density at radius 3 is 2.85 bits per heavy atom. The third kappa shape index (κ3) is 1.98. The van der Waals surface area contributed by atoms with Crippen LogP contribution < -0.4 is 0 Å². The summed E-state index contributed by atoms with van der Waals surface area (Å²) < 4.78 is 1.13. The molecular weight excluding hydrogens is 228 g/mol. The highest BCUT2D eigenvalue weighted by atomic mass is 79.9. The molecule has 0 fully saturated rings. The van der Waals surface area contributed by atoms with Gasteiger partial charge < -0.3 is 4.98 Å². The maximum Gasteiger partial charge on any atom is 0.110 e. The van der Waals surface area contributed by atoms with Crippen LogP contribution in [0.15, 0.2) is 41.1 Å². The first-order valence-corrected chi connectivity index (χ1v) is 4.87. The highest BCUT2D eigenvalue weighted by Gasteiger charge is 2.00. The number of aromatic nitrogens is 2. The van der Waals surface area contributed by atoms with Crippen LogP contribution in [0.3, 0.4) is 0 Å². The van der Waals surface area contributed by atoms with Crippen molar-refractivity contribution in [2.75, 3.05) is 0 Å². The molecule has 2 nitrogen and oxygen atoms in total. The topological polar surface area (TPSA) is 28.7 Å². The highest BCUT2D eigenvalue weighted by Crippen LogP contribution is 2.17. The van der Waals surface area contributed by atoms with Gasteiger partial charge in [0.15, 0.2) is 0 Å². The molecule has 0 unspecified atom stereocenters. The summed E-state index contributed by atoms with van der Waals surface area (Å²) >= 11 is 3.50. The van der Waals surface area contributed by atoms with Crippen molar-refractivity contribution >= 4 is 15.9 Å². The van der Waals surface area contributed by atoms with Crippen LogP contribution in [0, 0.1) is 0 Å². The monoisotopic (exact) mass is 236 g/mol. The molecule has 0 aliphatic carbocycles. The third-order valence-corrected chi connectivity index (χ3v) is 2.64. The minimum Gasteiger partial charge on any atom is -0.348 e. The molecular formula is C10H9BrN2. The molecule has 1 aromatic carbocycles. The minimum absolute atomic E-state index is 0.842. The van der Waals surface area contributed by atoms with E-state index in [0.29, 0.717) is 0 Å². The van der Waals surface area contributed by atoms with Gasteiger partial charge in [-0.3, -0.25) is 0 Å². The number of H-pyrrole nitrogens is 1. The number of rotatable bonds is 2. The van der Waals surface area contributed by atoms with E-state index in [9.17, 15) is 0 Å². The largest absolute Gasteiger partial charge is 0.348 e. The number of halogens is 1. The van der Waals surface area contributed by atoms with E-state index in [4.69, 9.17) is 0 Å². The second-order valence-electron chi connectivity index (χ2n) is 2.80. The van der Waals surface area contributed by atoms with Crippen LogP contribution in [-0.4, -0.2) is 9.97 Å². The second-order valence-corrected chi connectivity index (χ2v) is 3.66. The molecule has 1 heterocycles. The van der Waals surface area contributed by atoms with Gasteiger partial charge in [-0.05, 0) is 11.6 Å². The molecule has 2 aromatic rings. The molecule has 0 saturated carbocycles. The summed E-state index contributed by atoms with van der Waals surface area (Å²) in [5, 5.41) is 0. The number of nitrogens with one attached hydrogen (secondary N) is 1. The van der Waals surface area contributed by atoms with E-state index in [1.165, 1.54) is 5.56 Å². The molecule has 0 aliphatic heterocycles. The summed E-state index contributed by atoms with van der Waals surface area (Å²) in [7, 11) is 0. The van der Waals surface area contributed by atoms with Gasteiger partial charge in [0.1, 0.15) is 5.82 Å². The number of benzene rings is 1. The van der Waals surface area contributed by atoms with Crippen molar-refractivity contribution in [1.29, 1.82) is 0 Å². The molecule has 0 bridgehead atoms. The van der Waals surface area contributed by atoms with Gasteiger partial charge in [0.25, 0.3) is 0 Å². The number of nitrogens with zero attached hydrogens (tertiary/aromatic N) is 1. The number of hydrogen-bond donors (Lipinski definition) is 1. The third-order valence-electron chi connectivity index (χ3n) is 1.87. The van der Waals surface area contributed by atoms with Crippen LogP contribution in [0.1, 0.15) is 11.4 Å². The average Bonchev–Trinajstić information content (AvgIpc) is 2.61. The molecule has 0 aliphatic rings. The van der Waals surface area contributed by atoms with Crippen molar-refractivity contribution < 1.29 is 0 Å². The Morgan fingerprint density at radius 2 is 2.15 bits per heavy atom. The SMILES string of the molecule is Brc1ccccc1Cc1ncc[nH]1. The summed E-state index contributed by atoms with van der Waals surface area (Å²) in [5.74, 6) is 0.993. The van der Waals surface area contributed by atoms with Crippen molar-refractivity contribution in [3.8, 4) is 0 Å². The molecule has 0 amide bonds.